The van der Waals surface area contributed by atoms with Gasteiger partial charge in [-0.15, -0.1) is 0 Å². The minimum Gasteiger partial charge on any atom is -0.440 e. The van der Waals surface area contributed by atoms with Gasteiger partial charge in [-0.3, -0.25) is 9.59 Å². The maximum atomic E-state index is 13.1. The van der Waals surface area contributed by atoms with E-state index in [0.717, 1.165) is 25.7 Å². The molecule has 0 saturated heterocycles. The minimum absolute atomic E-state index is 0.297. The Morgan fingerprint density at radius 3 is 2.16 bits per heavy atom. The molecule has 5 heteroatoms. The van der Waals surface area contributed by atoms with Crippen molar-refractivity contribution in [2.24, 2.45) is 5.92 Å². The Morgan fingerprint density at radius 2 is 1.68 bits per heavy atom. The largest absolute Gasteiger partial charge is 0.440 e. The van der Waals surface area contributed by atoms with Crippen LogP contribution in [0.5, 0.6) is 0 Å². The molecule has 1 aromatic carbocycles. The van der Waals surface area contributed by atoms with Crippen molar-refractivity contribution in [1.82, 2.24) is 0 Å². The van der Waals surface area contributed by atoms with Crippen molar-refractivity contribution in [3.63, 3.8) is 0 Å². The molecule has 0 spiro atoms. The summed E-state index contributed by atoms with van der Waals surface area (Å²) in [6.45, 7) is 3.15. The number of carbonyl (C=O) groups is 3. The summed E-state index contributed by atoms with van der Waals surface area (Å²) in [5.41, 5.74) is -1.24. The fourth-order valence-electron chi connectivity index (χ4n) is 3.65. The summed E-state index contributed by atoms with van der Waals surface area (Å²) in [7, 11) is 0. The third-order valence-electron chi connectivity index (χ3n) is 4.97. The summed E-state index contributed by atoms with van der Waals surface area (Å²) in [4.78, 5) is 38.0. The van der Waals surface area contributed by atoms with Crippen LogP contribution < -0.4 is 0 Å². The average Bonchev–Trinajstić information content (AvgIpc) is 2.84. The maximum Gasteiger partial charge on any atom is 0.333 e. The molecular weight excluding hydrogens is 320 g/mol. The van der Waals surface area contributed by atoms with Crippen LogP contribution in [0.25, 0.3) is 0 Å². The molecule has 0 fully saturated rings. The van der Waals surface area contributed by atoms with Crippen molar-refractivity contribution >= 4 is 17.5 Å². The van der Waals surface area contributed by atoms with Crippen molar-refractivity contribution in [2.75, 3.05) is 6.61 Å². The number of fused-ring (bicyclic) bond motifs is 1. The molecule has 0 saturated carbocycles. The molecule has 1 aliphatic rings. The molecule has 5 nitrogen and oxygen atoms in total. The second kappa shape index (κ2) is 8.39. The standard InChI is InChI=1S/C20H26O5/c1-3-5-6-7-10-14(4-2)20(25-17(22)13-21)18(23)15-11-8-9-12-16(15)19(20)24/h8-9,11-12,14,21H,3-7,10,13H2,1-2H3. The van der Waals surface area contributed by atoms with Gasteiger partial charge in [-0.2, -0.15) is 0 Å². The van der Waals surface area contributed by atoms with Crippen molar-refractivity contribution in [3.05, 3.63) is 35.4 Å². The SMILES string of the molecule is CCCCCCC(CC)C1(OC(=O)CO)C(=O)c2ccccc2C1=O. The Bertz CT molecular complexity index is 614. The highest BCUT2D eigenvalue weighted by atomic mass is 16.6. The van der Waals surface area contributed by atoms with E-state index >= 15 is 0 Å². The number of carbonyl (C=O) groups excluding carboxylic acids is 3. The van der Waals surface area contributed by atoms with Crippen LogP contribution in [0.4, 0.5) is 0 Å². The molecular formula is C20H26O5. The third kappa shape index (κ3) is 3.52. The molecule has 1 atom stereocenters. The normalized spacial score (nSPS) is 16.6. The lowest BCUT2D eigenvalue weighted by atomic mass is 9.78. The van der Waals surface area contributed by atoms with Gasteiger partial charge < -0.3 is 9.84 Å². The maximum absolute atomic E-state index is 13.1. The summed E-state index contributed by atoms with van der Waals surface area (Å²) in [6, 6.07) is 6.56. The zero-order valence-electron chi connectivity index (χ0n) is 14.9. The summed E-state index contributed by atoms with van der Waals surface area (Å²) in [6.07, 6.45) is 5.21. The minimum atomic E-state index is -1.83. The molecule has 1 aromatic rings. The first kappa shape index (κ1) is 19.3. The number of esters is 1. The smallest absolute Gasteiger partial charge is 0.333 e. The predicted octanol–water partition coefficient (Wildman–Crippen LogP) is 3.34. The summed E-state index contributed by atoms with van der Waals surface area (Å²) < 4.78 is 5.38. The Kier molecular flexibility index (Phi) is 6.48. The number of aliphatic hydroxyl groups excluding tert-OH is 1. The van der Waals surface area contributed by atoms with E-state index in [-0.39, 0.29) is 0 Å². The first-order valence-corrected chi connectivity index (χ1v) is 9.04. The summed E-state index contributed by atoms with van der Waals surface area (Å²) in [5.74, 6) is -2.26. The molecule has 2 rings (SSSR count). The fraction of sp³-hybridized carbons (Fsp3) is 0.550. The quantitative estimate of drug-likeness (QED) is 0.421. The van der Waals surface area contributed by atoms with Gasteiger partial charge in [0.05, 0.1) is 0 Å². The third-order valence-corrected chi connectivity index (χ3v) is 4.97. The second-order valence-electron chi connectivity index (χ2n) is 6.53. The Labute approximate surface area is 148 Å². The van der Waals surface area contributed by atoms with Gasteiger partial charge in [0.1, 0.15) is 6.61 Å². The molecule has 1 unspecified atom stereocenters. The Morgan fingerprint density at radius 1 is 1.08 bits per heavy atom. The molecule has 0 aliphatic heterocycles. The van der Waals surface area contributed by atoms with Crippen LogP contribution in [0.3, 0.4) is 0 Å². The zero-order valence-corrected chi connectivity index (χ0v) is 14.9. The Hall–Kier alpha value is -2.01. The van der Waals surface area contributed by atoms with Crippen LogP contribution in [0.2, 0.25) is 0 Å². The van der Waals surface area contributed by atoms with E-state index in [0.29, 0.717) is 24.0 Å². The van der Waals surface area contributed by atoms with Crippen LogP contribution in [0.15, 0.2) is 24.3 Å². The van der Waals surface area contributed by atoms with Gasteiger partial charge in [0.25, 0.3) is 0 Å². The molecule has 0 bridgehead atoms. The van der Waals surface area contributed by atoms with E-state index in [4.69, 9.17) is 9.84 Å². The first-order valence-electron chi connectivity index (χ1n) is 9.04. The van der Waals surface area contributed by atoms with Crippen LogP contribution in [-0.4, -0.2) is 34.9 Å². The van der Waals surface area contributed by atoms with E-state index < -0.39 is 35.7 Å². The van der Waals surface area contributed by atoms with Crippen molar-refractivity contribution in [3.8, 4) is 0 Å². The van der Waals surface area contributed by atoms with Gasteiger partial charge in [-0.1, -0.05) is 63.8 Å². The van der Waals surface area contributed by atoms with Gasteiger partial charge in [0, 0.05) is 17.0 Å². The van der Waals surface area contributed by atoms with Crippen LogP contribution in [0.1, 0.15) is 73.1 Å². The lowest BCUT2D eigenvalue weighted by Gasteiger charge is -2.33. The average molecular weight is 346 g/mol. The van der Waals surface area contributed by atoms with E-state index in [1.54, 1.807) is 24.3 Å². The lowest BCUT2D eigenvalue weighted by molar-refractivity contribution is -0.158. The number of hydrogen-bond donors (Lipinski definition) is 1. The van der Waals surface area contributed by atoms with Crippen LogP contribution in [-0.2, 0) is 9.53 Å². The number of ketones is 2. The molecule has 1 aliphatic carbocycles. The van der Waals surface area contributed by atoms with E-state index in [9.17, 15) is 14.4 Å². The van der Waals surface area contributed by atoms with Crippen molar-refractivity contribution < 1.29 is 24.2 Å². The number of unbranched alkanes of at least 4 members (excludes halogenated alkanes) is 3. The molecule has 0 heterocycles. The monoisotopic (exact) mass is 346 g/mol. The molecule has 136 valence electrons. The molecule has 25 heavy (non-hydrogen) atoms. The highest BCUT2D eigenvalue weighted by molar-refractivity contribution is 6.32. The first-order chi connectivity index (χ1) is 12.0. The summed E-state index contributed by atoms with van der Waals surface area (Å²) in [5, 5.41) is 9.10. The van der Waals surface area contributed by atoms with Crippen molar-refractivity contribution in [2.45, 2.75) is 58.0 Å². The predicted molar refractivity (Wildman–Crippen MR) is 93.6 cm³/mol. The number of benzene rings is 1. The van der Waals surface area contributed by atoms with E-state index in [1.807, 2.05) is 6.92 Å². The van der Waals surface area contributed by atoms with Gasteiger partial charge in [-0.25, -0.2) is 4.79 Å². The van der Waals surface area contributed by atoms with E-state index in [1.165, 1.54) is 0 Å². The number of hydrogen-bond acceptors (Lipinski definition) is 5. The molecule has 0 aromatic heterocycles. The molecule has 0 radical (unpaired) electrons. The summed E-state index contributed by atoms with van der Waals surface area (Å²) >= 11 is 0. The van der Waals surface area contributed by atoms with Gasteiger partial charge in [0.2, 0.25) is 17.2 Å². The lowest BCUT2D eigenvalue weighted by Crippen LogP contribution is -2.52. The number of rotatable bonds is 9. The number of aliphatic hydroxyl groups is 1. The zero-order chi connectivity index (χ0) is 18.4. The van der Waals surface area contributed by atoms with Crippen LogP contribution in [0, 0.1) is 5.92 Å². The second-order valence-corrected chi connectivity index (χ2v) is 6.53. The van der Waals surface area contributed by atoms with Gasteiger partial charge >= 0.3 is 5.97 Å². The van der Waals surface area contributed by atoms with E-state index in [2.05, 4.69) is 6.92 Å². The van der Waals surface area contributed by atoms with Gasteiger partial charge in [-0.05, 0) is 12.8 Å². The van der Waals surface area contributed by atoms with Gasteiger partial charge in [0.15, 0.2) is 0 Å². The van der Waals surface area contributed by atoms with Crippen LogP contribution >= 0.6 is 0 Å². The Balaban J connectivity index is 2.39. The number of Topliss-reactive ketones (excluding diaryl/α,β-unsaturated/α-hetero) is 2. The highest BCUT2D eigenvalue weighted by Gasteiger charge is 2.59. The number of ether oxygens (including phenoxy) is 1. The highest BCUT2D eigenvalue weighted by Crippen LogP contribution is 2.42. The van der Waals surface area contributed by atoms with Crippen molar-refractivity contribution in [1.29, 1.82) is 0 Å². The fourth-order valence-corrected chi connectivity index (χ4v) is 3.65. The topological polar surface area (TPSA) is 80.7 Å². The molecule has 0 amide bonds. The molecule has 1 N–H and O–H groups in total.